The Balaban J connectivity index is 1.43. The Morgan fingerprint density at radius 1 is 1.06 bits per heavy atom. The molecule has 1 fully saturated rings. The summed E-state index contributed by atoms with van der Waals surface area (Å²) in [6.45, 7) is 1.24. The fourth-order valence-electron chi connectivity index (χ4n) is 3.70. The van der Waals surface area contributed by atoms with E-state index in [9.17, 15) is 4.79 Å². The van der Waals surface area contributed by atoms with Crippen LogP contribution in [0.1, 0.15) is 12.8 Å². The Morgan fingerprint density at radius 3 is 2.53 bits per heavy atom. The molecule has 9 heteroatoms. The molecular formula is C23H26N4O5. The van der Waals surface area contributed by atoms with Crippen molar-refractivity contribution in [3.8, 4) is 28.6 Å². The van der Waals surface area contributed by atoms with Crippen LogP contribution in [0.2, 0.25) is 0 Å². The number of carbonyl (C=O) groups excluding carboxylic acids is 1. The zero-order chi connectivity index (χ0) is 22.5. The van der Waals surface area contributed by atoms with Crippen LogP contribution in [0.3, 0.4) is 0 Å². The van der Waals surface area contributed by atoms with Gasteiger partial charge in [0.25, 0.3) is 0 Å². The van der Waals surface area contributed by atoms with E-state index in [4.69, 9.17) is 18.7 Å². The van der Waals surface area contributed by atoms with Gasteiger partial charge in [0.15, 0.2) is 0 Å². The van der Waals surface area contributed by atoms with Crippen LogP contribution in [-0.4, -0.2) is 50.5 Å². The van der Waals surface area contributed by atoms with Crippen molar-refractivity contribution in [3.05, 3.63) is 42.5 Å². The Labute approximate surface area is 186 Å². The lowest BCUT2D eigenvalue weighted by molar-refractivity contribution is -0.120. The number of nitrogens with zero attached hydrogens (tertiary/aromatic N) is 3. The fourth-order valence-corrected chi connectivity index (χ4v) is 3.70. The summed E-state index contributed by atoms with van der Waals surface area (Å²) in [7, 11) is 4.76. The van der Waals surface area contributed by atoms with Crippen molar-refractivity contribution < 1.29 is 23.5 Å². The van der Waals surface area contributed by atoms with E-state index in [0.717, 1.165) is 30.7 Å². The van der Waals surface area contributed by atoms with E-state index in [1.54, 1.807) is 39.5 Å². The third-order valence-corrected chi connectivity index (χ3v) is 5.49. The lowest BCUT2D eigenvalue weighted by atomic mass is 9.97. The zero-order valence-electron chi connectivity index (χ0n) is 18.3. The van der Waals surface area contributed by atoms with Gasteiger partial charge in [0.2, 0.25) is 11.7 Å². The lowest BCUT2D eigenvalue weighted by Crippen LogP contribution is -2.41. The summed E-state index contributed by atoms with van der Waals surface area (Å²) in [6.07, 6.45) is 1.62. The number of aromatic nitrogens is 2. The van der Waals surface area contributed by atoms with E-state index in [1.807, 2.05) is 29.2 Å². The molecule has 0 spiro atoms. The molecule has 1 aliphatic rings. The number of rotatable bonds is 7. The Morgan fingerprint density at radius 2 is 1.81 bits per heavy atom. The van der Waals surface area contributed by atoms with Gasteiger partial charge in [-0.3, -0.25) is 4.79 Å². The van der Waals surface area contributed by atoms with Crippen molar-refractivity contribution in [3.63, 3.8) is 0 Å². The second kappa shape index (κ2) is 9.59. The van der Waals surface area contributed by atoms with Gasteiger partial charge in [-0.1, -0.05) is 5.16 Å². The van der Waals surface area contributed by atoms with Gasteiger partial charge in [-0.25, -0.2) is 0 Å². The van der Waals surface area contributed by atoms with Gasteiger partial charge in [-0.15, -0.1) is 0 Å². The molecule has 0 saturated carbocycles. The topological polar surface area (TPSA) is 99.0 Å². The summed E-state index contributed by atoms with van der Waals surface area (Å²) in [5.74, 6) is 2.17. The number of ether oxygens (including phenoxy) is 3. The molecule has 1 N–H and O–H groups in total. The van der Waals surface area contributed by atoms with E-state index in [2.05, 4.69) is 15.5 Å². The summed E-state index contributed by atoms with van der Waals surface area (Å²) in [5.41, 5.74) is 1.44. The number of carbonyl (C=O) groups is 1. The molecule has 1 atom stereocenters. The average Bonchev–Trinajstić information content (AvgIpc) is 3.35. The number of piperidine rings is 1. The molecule has 0 aliphatic carbocycles. The number of nitrogens with one attached hydrogen (secondary N) is 1. The average molecular weight is 438 g/mol. The molecule has 0 bridgehead atoms. The van der Waals surface area contributed by atoms with Crippen molar-refractivity contribution >= 4 is 17.6 Å². The number of amides is 1. The summed E-state index contributed by atoms with van der Waals surface area (Å²) in [4.78, 5) is 19.4. The number of benzene rings is 2. The smallest absolute Gasteiger partial charge is 0.324 e. The van der Waals surface area contributed by atoms with E-state index in [1.165, 1.54) is 0 Å². The third kappa shape index (κ3) is 4.61. The fraction of sp³-hybridized carbons (Fsp3) is 0.348. The number of hydrogen-bond acceptors (Lipinski definition) is 8. The lowest BCUT2D eigenvalue weighted by Gasteiger charge is -2.30. The highest BCUT2D eigenvalue weighted by molar-refractivity contribution is 5.94. The molecule has 1 aliphatic heterocycles. The van der Waals surface area contributed by atoms with E-state index >= 15 is 0 Å². The second-order valence-corrected chi connectivity index (χ2v) is 7.47. The highest BCUT2D eigenvalue weighted by Gasteiger charge is 2.29. The highest BCUT2D eigenvalue weighted by atomic mass is 16.5. The van der Waals surface area contributed by atoms with Gasteiger partial charge in [0, 0.05) is 24.7 Å². The van der Waals surface area contributed by atoms with Crippen molar-refractivity contribution in [1.82, 2.24) is 10.1 Å². The second-order valence-electron chi connectivity index (χ2n) is 7.47. The molecule has 4 rings (SSSR count). The molecule has 2 heterocycles. The minimum absolute atomic E-state index is 0.0759. The predicted octanol–water partition coefficient (Wildman–Crippen LogP) is 3.62. The monoisotopic (exact) mass is 438 g/mol. The molecular weight excluding hydrogens is 412 g/mol. The van der Waals surface area contributed by atoms with Crippen molar-refractivity contribution in [2.24, 2.45) is 5.92 Å². The minimum Gasteiger partial charge on any atom is -0.497 e. The predicted molar refractivity (Wildman–Crippen MR) is 119 cm³/mol. The van der Waals surface area contributed by atoms with Crippen LogP contribution < -0.4 is 24.4 Å². The normalized spacial score (nSPS) is 15.8. The summed E-state index contributed by atoms with van der Waals surface area (Å²) in [6, 6.07) is 13.2. The van der Waals surface area contributed by atoms with Gasteiger partial charge < -0.3 is 29.0 Å². The molecule has 1 aromatic heterocycles. The van der Waals surface area contributed by atoms with Gasteiger partial charge in [-0.2, -0.15) is 4.98 Å². The Bertz CT molecular complexity index is 1070. The molecule has 1 saturated heterocycles. The molecule has 1 unspecified atom stereocenters. The Hall–Kier alpha value is -3.75. The first-order valence-electron chi connectivity index (χ1n) is 10.4. The van der Waals surface area contributed by atoms with Crippen LogP contribution in [-0.2, 0) is 4.79 Å². The van der Waals surface area contributed by atoms with E-state index in [-0.39, 0.29) is 11.8 Å². The van der Waals surface area contributed by atoms with Crippen LogP contribution >= 0.6 is 0 Å². The van der Waals surface area contributed by atoms with Gasteiger partial charge in [-0.05, 0) is 49.2 Å². The number of methoxy groups -OCH3 is 3. The first-order chi connectivity index (χ1) is 15.6. The first-order valence-corrected chi connectivity index (χ1v) is 10.4. The molecule has 0 radical (unpaired) electrons. The Kier molecular flexibility index (Phi) is 6.44. The molecule has 32 heavy (non-hydrogen) atoms. The third-order valence-electron chi connectivity index (χ3n) is 5.49. The van der Waals surface area contributed by atoms with Crippen molar-refractivity contribution in [2.75, 3.05) is 44.6 Å². The molecule has 9 nitrogen and oxygen atoms in total. The maximum Gasteiger partial charge on any atom is 0.324 e. The SMILES string of the molecule is COc1ccc(-c2noc(N3CCCC(C(=O)Nc4ccc(OC)cc4OC)C3)n2)cc1. The maximum atomic E-state index is 13.0. The first kappa shape index (κ1) is 21.5. The highest BCUT2D eigenvalue weighted by Crippen LogP contribution is 2.31. The summed E-state index contributed by atoms with van der Waals surface area (Å²) >= 11 is 0. The zero-order valence-corrected chi connectivity index (χ0v) is 18.3. The maximum absolute atomic E-state index is 13.0. The van der Waals surface area contributed by atoms with Crippen LogP contribution in [0.25, 0.3) is 11.4 Å². The van der Waals surface area contributed by atoms with E-state index in [0.29, 0.717) is 35.6 Å². The quantitative estimate of drug-likeness (QED) is 0.597. The van der Waals surface area contributed by atoms with Gasteiger partial charge in [0.1, 0.15) is 17.2 Å². The van der Waals surface area contributed by atoms with Gasteiger partial charge in [0.05, 0.1) is 32.9 Å². The molecule has 3 aromatic rings. The molecule has 168 valence electrons. The summed E-state index contributed by atoms with van der Waals surface area (Å²) < 4.78 is 21.3. The van der Waals surface area contributed by atoms with E-state index < -0.39 is 0 Å². The number of anilines is 2. The van der Waals surface area contributed by atoms with Crippen LogP contribution in [0.5, 0.6) is 17.2 Å². The molecule has 1 amide bonds. The minimum atomic E-state index is -0.216. The van der Waals surface area contributed by atoms with Crippen LogP contribution in [0.15, 0.2) is 47.0 Å². The number of hydrogen-bond donors (Lipinski definition) is 1. The molecule has 2 aromatic carbocycles. The van der Waals surface area contributed by atoms with Crippen molar-refractivity contribution in [2.45, 2.75) is 12.8 Å². The van der Waals surface area contributed by atoms with Crippen molar-refractivity contribution in [1.29, 1.82) is 0 Å². The van der Waals surface area contributed by atoms with Gasteiger partial charge >= 0.3 is 6.01 Å². The van der Waals surface area contributed by atoms with Crippen LogP contribution in [0.4, 0.5) is 11.7 Å². The largest absolute Gasteiger partial charge is 0.497 e. The standard InChI is InChI=1S/C23H26N4O5/c1-29-17-8-6-15(7-9-17)21-25-23(32-26-21)27-12-4-5-16(14-27)22(28)24-19-11-10-18(30-2)13-20(19)31-3/h6-11,13,16H,4-5,12,14H2,1-3H3,(H,24,28). The van der Waals surface area contributed by atoms with Crippen LogP contribution in [0, 0.1) is 5.92 Å². The summed E-state index contributed by atoms with van der Waals surface area (Å²) in [5, 5.41) is 7.07.